The van der Waals surface area contributed by atoms with Crippen LogP contribution in [0.3, 0.4) is 0 Å². The number of amides is 1. The van der Waals surface area contributed by atoms with E-state index in [4.69, 9.17) is 10.2 Å². The number of rotatable bonds is 5. The smallest absolute Gasteiger partial charge is 0.328 e. The fraction of sp³-hybridized carbons (Fsp3) is 0.167. The van der Waals surface area contributed by atoms with Gasteiger partial charge in [0.15, 0.2) is 0 Å². The molecule has 0 saturated carbocycles. The molecule has 1 atom stereocenters. The van der Waals surface area contributed by atoms with Crippen molar-refractivity contribution in [3.8, 4) is 0 Å². The highest BCUT2D eigenvalue weighted by atomic mass is 16.4. The second-order valence-corrected chi connectivity index (χ2v) is 3.33. The molecule has 0 spiro atoms. The van der Waals surface area contributed by atoms with Gasteiger partial charge in [-0.05, 0) is 5.56 Å². The number of carboxylic acid groups (broad SMARTS) is 1. The van der Waals surface area contributed by atoms with E-state index in [2.05, 4.69) is 5.32 Å². The minimum atomic E-state index is -1.19. The lowest BCUT2D eigenvalue weighted by atomic mass is 10.1. The summed E-state index contributed by atoms with van der Waals surface area (Å²) in [6.07, 6.45) is 1.66. The normalized spacial score (nSPS) is 12.3. The molecular formula is C12H13NO4. The maximum atomic E-state index is 11.3. The summed E-state index contributed by atoms with van der Waals surface area (Å²) in [6, 6.07) is 8.39. The van der Waals surface area contributed by atoms with Crippen LogP contribution in [0, 0.1) is 0 Å². The molecule has 0 fully saturated rings. The Morgan fingerprint density at radius 2 is 1.88 bits per heavy atom. The number of benzene rings is 1. The Labute approximate surface area is 98.4 Å². The number of hydrogen-bond acceptors (Lipinski definition) is 3. The summed E-state index contributed by atoms with van der Waals surface area (Å²) in [7, 11) is 0. The summed E-state index contributed by atoms with van der Waals surface area (Å²) in [6.45, 7) is -0.253. The van der Waals surface area contributed by atoms with Crippen molar-refractivity contribution in [2.75, 3.05) is 6.61 Å². The number of aliphatic hydroxyl groups is 1. The van der Waals surface area contributed by atoms with Gasteiger partial charge in [-0.25, -0.2) is 4.79 Å². The summed E-state index contributed by atoms with van der Waals surface area (Å²) in [5, 5.41) is 20.0. The molecule has 0 saturated heterocycles. The summed E-state index contributed by atoms with van der Waals surface area (Å²) in [4.78, 5) is 21.5. The topological polar surface area (TPSA) is 86.6 Å². The number of aliphatic carboxylic acids is 1. The molecule has 3 N–H and O–H groups in total. The first-order valence-electron chi connectivity index (χ1n) is 5.01. The molecular weight excluding hydrogens is 222 g/mol. The van der Waals surface area contributed by atoms with E-state index in [1.807, 2.05) is 6.07 Å². The Bertz CT molecular complexity index is 414. The fourth-order valence-corrected chi connectivity index (χ4v) is 1.29. The molecule has 17 heavy (non-hydrogen) atoms. The number of aliphatic hydroxyl groups excluding tert-OH is 1. The Hall–Kier alpha value is -2.14. The van der Waals surface area contributed by atoms with Crippen molar-refractivity contribution in [3.63, 3.8) is 0 Å². The first-order chi connectivity index (χ1) is 8.13. The van der Waals surface area contributed by atoms with E-state index in [0.717, 1.165) is 17.7 Å². The van der Waals surface area contributed by atoms with E-state index in [9.17, 15) is 9.59 Å². The summed E-state index contributed by atoms with van der Waals surface area (Å²) in [5.74, 6) is -1.75. The lowest BCUT2D eigenvalue weighted by molar-refractivity contribution is -0.131. The van der Waals surface area contributed by atoms with Gasteiger partial charge >= 0.3 is 5.97 Å². The molecule has 1 aromatic carbocycles. The molecule has 1 amide bonds. The zero-order valence-electron chi connectivity index (χ0n) is 9.04. The second kappa shape index (κ2) is 6.44. The van der Waals surface area contributed by atoms with Crippen LogP contribution in [-0.4, -0.2) is 28.7 Å². The van der Waals surface area contributed by atoms with Gasteiger partial charge in [0.05, 0.1) is 12.6 Å². The largest absolute Gasteiger partial charge is 0.478 e. The van der Waals surface area contributed by atoms with E-state index >= 15 is 0 Å². The summed E-state index contributed by atoms with van der Waals surface area (Å²) >= 11 is 0. The van der Waals surface area contributed by atoms with Crippen molar-refractivity contribution in [2.24, 2.45) is 0 Å². The number of nitrogens with one attached hydrogen (secondary N) is 1. The zero-order valence-corrected chi connectivity index (χ0v) is 9.04. The molecule has 0 bridgehead atoms. The molecule has 0 radical (unpaired) electrons. The highest BCUT2D eigenvalue weighted by Gasteiger charge is 2.11. The monoisotopic (exact) mass is 235 g/mol. The number of carbonyl (C=O) groups excluding carboxylic acids is 1. The van der Waals surface area contributed by atoms with Gasteiger partial charge in [0.2, 0.25) is 5.91 Å². The van der Waals surface area contributed by atoms with Crippen molar-refractivity contribution in [1.82, 2.24) is 5.32 Å². The second-order valence-electron chi connectivity index (χ2n) is 3.33. The molecule has 0 heterocycles. The molecule has 90 valence electrons. The highest BCUT2D eigenvalue weighted by Crippen LogP contribution is 2.11. The third kappa shape index (κ3) is 4.48. The Morgan fingerprint density at radius 3 is 2.41 bits per heavy atom. The summed E-state index contributed by atoms with van der Waals surface area (Å²) < 4.78 is 0. The van der Waals surface area contributed by atoms with Crippen molar-refractivity contribution in [1.29, 1.82) is 0 Å². The third-order valence-corrected chi connectivity index (χ3v) is 2.08. The predicted molar refractivity (Wildman–Crippen MR) is 61.2 cm³/mol. The quantitative estimate of drug-likeness (QED) is 0.648. The number of carboxylic acids is 1. The first-order valence-corrected chi connectivity index (χ1v) is 5.01. The average molecular weight is 235 g/mol. The van der Waals surface area contributed by atoms with Crippen LogP contribution in [0.1, 0.15) is 11.6 Å². The van der Waals surface area contributed by atoms with Gasteiger partial charge in [0.25, 0.3) is 0 Å². The van der Waals surface area contributed by atoms with E-state index in [-0.39, 0.29) is 6.61 Å². The zero-order chi connectivity index (χ0) is 12.7. The van der Waals surface area contributed by atoms with Crippen molar-refractivity contribution in [3.05, 3.63) is 48.0 Å². The van der Waals surface area contributed by atoms with Crippen LogP contribution in [0.4, 0.5) is 0 Å². The lowest BCUT2D eigenvalue weighted by Crippen LogP contribution is -2.29. The SMILES string of the molecule is O=C(O)/C=C/C(=O)N[C@H](CO)c1ccccc1. The van der Waals surface area contributed by atoms with Gasteiger partial charge in [-0.15, -0.1) is 0 Å². The molecule has 1 rings (SSSR count). The minimum Gasteiger partial charge on any atom is -0.478 e. The molecule has 1 aromatic rings. The van der Waals surface area contributed by atoms with Crippen LogP contribution in [0.5, 0.6) is 0 Å². The van der Waals surface area contributed by atoms with Gasteiger partial charge in [-0.3, -0.25) is 4.79 Å². The van der Waals surface area contributed by atoms with Crippen LogP contribution >= 0.6 is 0 Å². The maximum absolute atomic E-state index is 11.3. The first kappa shape index (κ1) is 12.9. The Morgan fingerprint density at radius 1 is 1.24 bits per heavy atom. The summed E-state index contributed by atoms with van der Waals surface area (Å²) in [5.41, 5.74) is 0.757. The van der Waals surface area contributed by atoms with Crippen LogP contribution in [0.25, 0.3) is 0 Å². The van der Waals surface area contributed by atoms with E-state index < -0.39 is 17.9 Å². The van der Waals surface area contributed by atoms with Crippen LogP contribution in [0.2, 0.25) is 0 Å². The standard InChI is InChI=1S/C12H13NO4/c14-8-10(9-4-2-1-3-5-9)13-11(15)6-7-12(16)17/h1-7,10,14H,8H2,(H,13,15)(H,16,17)/b7-6+/t10-/m1/s1. The molecule has 0 unspecified atom stereocenters. The van der Waals surface area contributed by atoms with Crippen molar-refractivity contribution in [2.45, 2.75) is 6.04 Å². The van der Waals surface area contributed by atoms with Crippen molar-refractivity contribution < 1.29 is 19.8 Å². The van der Waals surface area contributed by atoms with Gasteiger partial charge < -0.3 is 15.5 Å². The molecule has 0 aromatic heterocycles. The maximum Gasteiger partial charge on any atom is 0.328 e. The van der Waals surface area contributed by atoms with Gasteiger partial charge in [0, 0.05) is 12.2 Å². The molecule has 5 nitrogen and oxygen atoms in total. The lowest BCUT2D eigenvalue weighted by Gasteiger charge is -2.15. The molecule has 5 heteroatoms. The Kier molecular flexibility index (Phi) is 4.90. The van der Waals surface area contributed by atoms with E-state index in [1.54, 1.807) is 24.3 Å². The van der Waals surface area contributed by atoms with E-state index in [1.165, 1.54) is 0 Å². The van der Waals surface area contributed by atoms with E-state index in [0.29, 0.717) is 0 Å². The number of carbonyl (C=O) groups is 2. The van der Waals surface area contributed by atoms with Gasteiger partial charge in [-0.1, -0.05) is 30.3 Å². The third-order valence-electron chi connectivity index (χ3n) is 2.08. The molecule has 0 aliphatic heterocycles. The van der Waals surface area contributed by atoms with Gasteiger partial charge in [-0.2, -0.15) is 0 Å². The molecule has 0 aliphatic carbocycles. The van der Waals surface area contributed by atoms with Crippen LogP contribution in [0.15, 0.2) is 42.5 Å². The predicted octanol–water partition coefficient (Wildman–Crippen LogP) is 0.477. The number of hydrogen-bond donors (Lipinski definition) is 3. The van der Waals surface area contributed by atoms with Crippen LogP contribution < -0.4 is 5.32 Å². The Balaban J connectivity index is 2.65. The fourth-order valence-electron chi connectivity index (χ4n) is 1.29. The minimum absolute atomic E-state index is 0.253. The average Bonchev–Trinajstić information content (AvgIpc) is 2.34. The van der Waals surface area contributed by atoms with Gasteiger partial charge in [0.1, 0.15) is 0 Å². The van der Waals surface area contributed by atoms with Crippen LogP contribution in [-0.2, 0) is 9.59 Å². The highest BCUT2D eigenvalue weighted by molar-refractivity contribution is 5.94. The van der Waals surface area contributed by atoms with Crippen molar-refractivity contribution >= 4 is 11.9 Å². The molecule has 0 aliphatic rings.